The lowest BCUT2D eigenvalue weighted by Gasteiger charge is -2.11. The van der Waals surface area contributed by atoms with Crippen LogP contribution < -0.4 is 16.7 Å². The van der Waals surface area contributed by atoms with Crippen LogP contribution in [-0.4, -0.2) is 32.0 Å². The number of nitrogens with one attached hydrogen (secondary N) is 1. The van der Waals surface area contributed by atoms with E-state index in [2.05, 4.69) is 20.3 Å². The van der Waals surface area contributed by atoms with Crippen molar-refractivity contribution in [2.24, 2.45) is 0 Å². The quantitative estimate of drug-likeness (QED) is 0.705. The molecular weight excluding hydrogens is 344 g/mol. The molecule has 138 valence electrons. The van der Waals surface area contributed by atoms with Crippen LogP contribution in [0.4, 0.5) is 5.82 Å². The van der Waals surface area contributed by atoms with E-state index < -0.39 is 0 Å². The number of nitrogens with zero attached hydrogens (tertiary/aromatic N) is 4. The number of hydrogen-bond acceptors (Lipinski definition) is 6. The summed E-state index contributed by atoms with van der Waals surface area (Å²) in [6, 6.07) is 8.83. The van der Waals surface area contributed by atoms with Gasteiger partial charge in [-0.3, -0.25) is 14.3 Å². The van der Waals surface area contributed by atoms with Crippen LogP contribution in [0.25, 0.3) is 11.3 Å². The van der Waals surface area contributed by atoms with Crippen LogP contribution >= 0.6 is 0 Å². The van der Waals surface area contributed by atoms with E-state index in [-0.39, 0.29) is 11.6 Å². The minimum atomic E-state index is -0.311. The van der Waals surface area contributed by atoms with Gasteiger partial charge in [0.25, 0.3) is 5.91 Å². The summed E-state index contributed by atoms with van der Waals surface area (Å²) in [5.74, 6) is 0.122. The van der Waals surface area contributed by atoms with E-state index in [1.807, 2.05) is 13.0 Å². The smallest absolute Gasteiger partial charge is 0.348 e. The Kier molecular flexibility index (Phi) is 5.25. The highest BCUT2D eigenvalue weighted by atomic mass is 16.2. The Morgan fingerprint density at radius 2 is 1.89 bits per heavy atom. The Bertz CT molecular complexity index is 1030. The number of aromatic nitrogens is 4. The minimum Gasteiger partial charge on any atom is -0.382 e. The maximum atomic E-state index is 12.3. The number of carbonyl (C=O) groups is 1. The molecule has 0 fully saturated rings. The van der Waals surface area contributed by atoms with Gasteiger partial charge in [0, 0.05) is 35.6 Å². The maximum Gasteiger partial charge on any atom is 0.348 e. The molecule has 1 aromatic carbocycles. The number of rotatable bonds is 5. The predicted octanol–water partition coefficient (Wildman–Crippen LogP) is 1.33. The third-order valence-corrected chi connectivity index (χ3v) is 4.06. The summed E-state index contributed by atoms with van der Waals surface area (Å²) in [5.41, 5.74) is 8.80. The Hall–Kier alpha value is -3.55. The first-order valence-corrected chi connectivity index (χ1v) is 8.45. The summed E-state index contributed by atoms with van der Waals surface area (Å²) in [6.07, 6.45) is 3.09. The number of anilines is 1. The van der Waals surface area contributed by atoms with E-state index in [4.69, 9.17) is 5.73 Å². The number of hydrogen-bond donors (Lipinski definition) is 2. The molecule has 2 heterocycles. The average molecular weight is 364 g/mol. The van der Waals surface area contributed by atoms with Crippen molar-refractivity contribution in [1.29, 1.82) is 0 Å². The number of amides is 1. The van der Waals surface area contributed by atoms with Crippen LogP contribution in [-0.2, 0) is 6.54 Å². The molecule has 0 saturated carbocycles. The van der Waals surface area contributed by atoms with E-state index in [1.54, 1.807) is 37.4 Å². The molecule has 1 amide bonds. The zero-order valence-corrected chi connectivity index (χ0v) is 15.1. The first-order valence-electron chi connectivity index (χ1n) is 8.45. The highest BCUT2D eigenvalue weighted by Gasteiger charge is 2.08. The minimum absolute atomic E-state index is 0.217. The molecule has 2 aromatic heterocycles. The second kappa shape index (κ2) is 7.77. The van der Waals surface area contributed by atoms with Gasteiger partial charge in [0.05, 0.1) is 18.1 Å². The van der Waals surface area contributed by atoms with Crippen molar-refractivity contribution in [3.63, 3.8) is 0 Å². The Labute approximate surface area is 156 Å². The summed E-state index contributed by atoms with van der Waals surface area (Å²) in [7, 11) is 0. The van der Waals surface area contributed by atoms with Gasteiger partial charge in [0.15, 0.2) is 0 Å². The molecule has 27 heavy (non-hydrogen) atoms. The number of benzene rings is 1. The Balaban J connectivity index is 1.63. The molecule has 3 aromatic rings. The summed E-state index contributed by atoms with van der Waals surface area (Å²) in [4.78, 5) is 36.3. The number of carbonyl (C=O) groups excluding carboxylic acids is 1. The van der Waals surface area contributed by atoms with Crippen LogP contribution in [0, 0.1) is 13.8 Å². The average Bonchev–Trinajstić information content (AvgIpc) is 2.64. The van der Waals surface area contributed by atoms with Crippen molar-refractivity contribution in [3.8, 4) is 11.3 Å². The molecule has 0 aliphatic carbocycles. The van der Waals surface area contributed by atoms with Crippen LogP contribution in [0.3, 0.4) is 0 Å². The van der Waals surface area contributed by atoms with E-state index in [0.29, 0.717) is 35.9 Å². The first-order chi connectivity index (χ1) is 12.9. The van der Waals surface area contributed by atoms with E-state index in [1.165, 1.54) is 10.8 Å². The molecular formula is C19H20N6O2. The second-order valence-corrected chi connectivity index (χ2v) is 6.14. The topological polar surface area (TPSA) is 116 Å². The molecule has 0 bridgehead atoms. The third-order valence-electron chi connectivity index (χ3n) is 4.06. The molecule has 0 aliphatic heterocycles. The molecule has 0 saturated heterocycles. The second-order valence-electron chi connectivity index (χ2n) is 6.14. The Morgan fingerprint density at radius 3 is 2.56 bits per heavy atom. The SMILES string of the molecule is Cc1cc(C)n(CCNC(=O)c2ccc(-c3cncc(N)n3)cc2)c(=O)n1. The van der Waals surface area contributed by atoms with Gasteiger partial charge in [0.1, 0.15) is 5.82 Å². The number of nitrogen functional groups attached to an aromatic ring is 1. The van der Waals surface area contributed by atoms with Gasteiger partial charge in [-0.2, -0.15) is 4.98 Å². The molecule has 3 rings (SSSR count). The molecule has 3 N–H and O–H groups in total. The van der Waals surface area contributed by atoms with Crippen LogP contribution in [0.15, 0.2) is 47.5 Å². The Morgan fingerprint density at radius 1 is 1.15 bits per heavy atom. The number of nitrogens with two attached hydrogens (primary N) is 1. The lowest BCUT2D eigenvalue weighted by atomic mass is 10.1. The van der Waals surface area contributed by atoms with Gasteiger partial charge in [-0.05, 0) is 32.0 Å². The maximum absolute atomic E-state index is 12.3. The van der Waals surface area contributed by atoms with Crippen LogP contribution in [0.5, 0.6) is 0 Å². The van der Waals surface area contributed by atoms with Crippen molar-refractivity contribution in [2.75, 3.05) is 12.3 Å². The van der Waals surface area contributed by atoms with E-state index in [0.717, 1.165) is 11.3 Å². The van der Waals surface area contributed by atoms with Crippen molar-refractivity contribution in [1.82, 2.24) is 24.8 Å². The molecule has 0 unspecified atom stereocenters. The van der Waals surface area contributed by atoms with Gasteiger partial charge >= 0.3 is 5.69 Å². The third kappa shape index (κ3) is 4.35. The van der Waals surface area contributed by atoms with E-state index >= 15 is 0 Å². The summed E-state index contributed by atoms with van der Waals surface area (Å²) in [6.45, 7) is 4.31. The standard InChI is InChI=1S/C19H20N6O2/c1-12-9-13(2)25(19(27)23-12)8-7-22-18(26)15-5-3-14(4-6-15)16-10-21-11-17(20)24-16/h3-6,9-11H,7-8H2,1-2H3,(H2,20,24)(H,22,26). The van der Waals surface area contributed by atoms with Crippen molar-refractivity contribution in [3.05, 3.63) is 70.2 Å². The molecule has 8 nitrogen and oxygen atoms in total. The van der Waals surface area contributed by atoms with Gasteiger partial charge in [0.2, 0.25) is 0 Å². The largest absolute Gasteiger partial charge is 0.382 e. The monoisotopic (exact) mass is 364 g/mol. The molecule has 8 heteroatoms. The fraction of sp³-hybridized carbons (Fsp3) is 0.211. The van der Waals surface area contributed by atoms with Gasteiger partial charge in [-0.25, -0.2) is 9.78 Å². The van der Waals surface area contributed by atoms with Crippen LogP contribution in [0.2, 0.25) is 0 Å². The van der Waals surface area contributed by atoms with Crippen molar-refractivity contribution in [2.45, 2.75) is 20.4 Å². The number of aryl methyl sites for hydroxylation is 2. The van der Waals surface area contributed by atoms with Crippen molar-refractivity contribution >= 4 is 11.7 Å². The highest BCUT2D eigenvalue weighted by molar-refractivity contribution is 5.94. The summed E-state index contributed by atoms with van der Waals surface area (Å²) in [5, 5.41) is 2.81. The zero-order valence-electron chi connectivity index (χ0n) is 15.1. The van der Waals surface area contributed by atoms with Gasteiger partial charge in [-0.15, -0.1) is 0 Å². The van der Waals surface area contributed by atoms with Gasteiger partial charge in [-0.1, -0.05) is 12.1 Å². The first kappa shape index (κ1) is 18.2. The van der Waals surface area contributed by atoms with Crippen molar-refractivity contribution < 1.29 is 4.79 Å². The lowest BCUT2D eigenvalue weighted by Crippen LogP contribution is -2.33. The van der Waals surface area contributed by atoms with E-state index in [9.17, 15) is 9.59 Å². The fourth-order valence-corrected chi connectivity index (χ4v) is 2.74. The van der Waals surface area contributed by atoms with Crippen LogP contribution in [0.1, 0.15) is 21.7 Å². The molecule has 0 atom stereocenters. The molecule has 0 aliphatic rings. The highest BCUT2D eigenvalue weighted by Crippen LogP contribution is 2.17. The predicted molar refractivity (Wildman–Crippen MR) is 102 cm³/mol. The fourth-order valence-electron chi connectivity index (χ4n) is 2.74. The van der Waals surface area contributed by atoms with Gasteiger partial charge < -0.3 is 11.1 Å². The normalized spacial score (nSPS) is 10.6. The lowest BCUT2D eigenvalue weighted by molar-refractivity contribution is 0.0952. The molecule has 0 spiro atoms. The molecule has 0 radical (unpaired) electrons. The summed E-state index contributed by atoms with van der Waals surface area (Å²) >= 11 is 0. The zero-order chi connectivity index (χ0) is 19.4. The summed E-state index contributed by atoms with van der Waals surface area (Å²) < 4.78 is 1.54.